The van der Waals surface area contributed by atoms with E-state index in [0.717, 1.165) is 31.5 Å². The molecule has 1 unspecified atom stereocenters. The number of amides is 1. The van der Waals surface area contributed by atoms with Gasteiger partial charge in [-0.05, 0) is 49.5 Å². The van der Waals surface area contributed by atoms with Gasteiger partial charge in [0.2, 0.25) is 5.91 Å². The molecule has 2 rings (SSSR count). The lowest BCUT2D eigenvalue weighted by Crippen LogP contribution is -2.23. The first-order chi connectivity index (χ1) is 10.9. The van der Waals surface area contributed by atoms with Gasteiger partial charge in [0, 0.05) is 13.0 Å². The lowest BCUT2D eigenvalue weighted by molar-refractivity contribution is -0.153. The van der Waals surface area contributed by atoms with E-state index in [1.54, 1.807) is 12.1 Å². The second-order valence-electron chi connectivity index (χ2n) is 5.72. The van der Waals surface area contributed by atoms with E-state index in [9.17, 15) is 18.0 Å². The van der Waals surface area contributed by atoms with Crippen LogP contribution in [0.25, 0.3) is 0 Å². The van der Waals surface area contributed by atoms with Crippen LogP contribution in [0, 0.1) is 5.92 Å². The van der Waals surface area contributed by atoms with Crippen molar-refractivity contribution in [2.24, 2.45) is 5.92 Å². The zero-order valence-electron chi connectivity index (χ0n) is 13.2. The minimum absolute atomic E-state index is 0. The van der Waals surface area contributed by atoms with Crippen LogP contribution in [0.5, 0.6) is 5.75 Å². The van der Waals surface area contributed by atoms with Crippen LogP contribution in [-0.4, -0.2) is 31.8 Å². The van der Waals surface area contributed by atoms with Gasteiger partial charge in [-0.2, -0.15) is 13.2 Å². The van der Waals surface area contributed by atoms with Gasteiger partial charge in [-0.3, -0.25) is 4.79 Å². The van der Waals surface area contributed by atoms with Crippen molar-refractivity contribution in [3.05, 3.63) is 29.8 Å². The summed E-state index contributed by atoms with van der Waals surface area (Å²) in [4.78, 5) is 11.8. The highest BCUT2D eigenvalue weighted by molar-refractivity contribution is 5.85. The van der Waals surface area contributed by atoms with Crippen LogP contribution in [-0.2, 0) is 11.3 Å². The molecule has 4 nitrogen and oxygen atoms in total. The predicted octanol–water partition coefficient (Wildman–Crippen LogP) is 3.06. The van der Waals surface area contributed by atoms with Crippen molar-refractivity contribution in [3.63, 3.8) is 0 Å². The standard InChI is InChI=1S/C16H21F3N2O2.ClH/c17-16(18,19)11-23-14-4-1-12(2-5-14)10-21-15(22)6-3-13-7-8-20-9-13;/h1-2,4-5,13,20H,3,6-11H2,(H,21,22);1H. The molecule has 1 fully saturated rings. The van der Waals surface area contributed by atoms with E-state index >= 15 is 0 Å². The summed E-state index contributed by atoms with van der Waals surface area (Å²) in [6.07, 6.45) is -1.85. The highest BCUT2D eigenvalue weighted by atomic mass is 35.5. The van der Waals surface area contributed by atoms with Crippen LogP contribution in [0.3, 0.4) is 0 Å². The van der Waals surface area contributed by atoms with Gasteiger partial charge < -0.3 is 15.4 Å². The number of hydrogen-bond acceptors (Lipinski definition) is 3. The van der Waals surface area contributed by atoms with E-state index < -0.39 is 12.8 Å². The molecule has 1 atom stereocenters. The Hall–Kier alpha value is -1.47. The second kappa shape index (κ2) is 9.74. The minimum atomic E-state index is -4.35. The smallest absolute Gasteiger partial charge is 0.422 e. The molecule has 1 amide bonds. The van der Waals surface area contributed by atoms with Gasteiger partial charge >= 0.3 is 6.18 Å². The quantitative estimate of drug-likeness (QED) is 0.779. The molecule has 0 aliphatic carbocycles. The number of alkyl halides is 3. The van der Waals surface area contributed by atoms with E-state index in [1.807, 2.05) is 0 Å². The number of carbonyl (C=O) groups is 1. The summed E-state index contributed by atoms with van der Waals surface area (Å²) in [7, 11) is 0. The Morgan fingerprint density at radius 3 is 2.58 bits per heavy atom. The molecule has 136 valence electrons. The molecule has 24 heavy (non-hydrogen) atoms. The van der Waals surface area contributed by atoms with E-state index in [-0.39, 0.29) is 24.1 Å². The van der Waals surface area contributed by atoms with Gasteiger partial charge in [-0.15, -0.1) is 12.4 Å². The summed E-state index contributed by atoms with van der Waals surface area (Å²) in [6.45, 7) is 1.06. The molecule has 1 heterocycles. The number of rotatable bonds is 7. The van der Waals surface area contributed by atoms with Crippen LogP contribution >= 0.6 is 12.4 Å². The number of ether oxygens (including phenoxy) is 1. The molecule has 1 aliphatic rings. The fourth-order valence-corrected chi connectivity index (χ4v) is 2.45. The van der Waals surface area contributed by atoms with Crippen LogP contribution in [0.15, 0.2) is 24.3 Å². The third-order valence-electron chi connectivity index (χ3n) is 3.76. The molecule has 0 spiro atoms. The summed E-state index contributed by atoms with van der Waals surface area (Å²) < 4.78 is 40.7. The molecule has 1 aromatic carbocycles. The summed E-state index contributed by atoms with van der Waals surface area (Å²) >= 11 is 0. The summed E-state index contributed by atoms with van der Waals surface area (Å²) in [5.41, 5.74) is 0.820. The number of halogens is 4. The molecule has 0 radical (unpaired) electrons. The topological polar surface area (TPSA) is 50.4 Å². The van der Waals surface area contributed by atoms with E-state index in [2.05, 4.69) is 15.4 Å². The normalized spacial score (nSPS) is 17.2. The monoisotopic (exact) mass is 366 g/mol. The highest BCUT2D eigenvalue weighted by Crippen LogP contribution is 2.19. The third kappa shape index (κ3) is 7.88. The fraction of sp³-hybridized carbons (Fsp3) is 0.562. The SMILES string of the molecule is Cl.O=C(CCC1CCNC1)NCc1ccc(OCC(F)(F)F)cc1. The molecule has 1 aliphatic heterocycles. The van der Waals surface area contributed by atoms with Crippen LogP contribution in [0.4, 0.5) is 13.2 Å². The summed E-state index contributed by atoms with van der Waals surface area (Å²) in [6, 6.07) is 6.23. The Morgan fingerprint density at radius 2 is 2.00 bits per heavy atom. The first-order valence-corrected chi connectivity index (χ1v) is 7.68. The van der Waals surface area contributed by atoms with Gasteiger partial charge in [0.05, 0.1) is 0 Å². The van der Waals surface area contributed by atoms with E-state index in [0.29, 0.717) is 18.9 Å². The van der Waals surface area contributed by atoms with Crippen molar-refractivity contribution in [3.8, 4) is 5.75 Å². The van der Waals surface area contributed by atoms with Crippen molar-refractivity contribution in [1.29, 1.82) is 0 Å². The molecule has 8 heteroatoms. The molecule has 1 saturated heterocycles. The van der Waals surface area contributed by atoms with E-state index in [4.69, 9.17) is 0 Å². The van der Waals surface area contributed by atoms with Gasteiger partial charge in [-0.1, -0.05) is 12.1 Å². The van der Waals surface area contributed by atoms with Crippen molar-refractivity contribution in [2.45, 2.75) is 32.0 Å². The maximum Gasteiger partial charge on any atom is 0.422 e. The first kappa shape index (κ1) is 20.6. The van der Waals surface area contributed by atoms with Gasteiger partial charge in [0.25, 0.3) is 0 Å². The third-order valence-corrected chi connectivity index (χ3v) is 3.76. The lowest BCUT2D eigenvalue weighted by Gasteiger charge is -2.10. The maximum atomic E-state index is 12.0. The maximum absolute atomic E-state index is 12.0. The molecule has 1 aromatic rings. The Kier molecular flexibility index (Phi) is 8.35. The molecular formula is C16H22ClF3N2O2. The highest BCUT2D eigenvalue weighted by Gasteiger charge is 2.28. The molecule has 0 saturated carbocycles. The average molecular weight is 367 g/mol. The minimum Gasteiger partial charge on any atom is -0.484 e. The van der Waals surface area contributed by atoms with Crippen molar-refractivity contribution in [1.82, 2.24) is 10.6 Å². The summed E-state index contributed by atoms with van der Waals surface area (Å²) in [5.74, 6) is 0.728. The number of hydrogen-bond donors (Lipinski definition) is 2. The largest absolute Gasteiger partial charge is 0.484 e. The van der Waals surface area contributed by atoms with Crippen LogP contribution in [0.2, 0.25) is 0 Å². The predicted molar refractivity (Wildman–Crippen MR) is 87.3 cm³/mol. The second-order valence-corrected chi connectivity index (χ2v) is 5.72. The molecule has 2 N–H and O–H groups in total. The van der Waals surface area contributed by atoms with Crippen molar-refractivity contribution >= 4 is 18.3 Å². The Labute approximate surface area is 145 Å². The zero-order valence-corrected chi connectivity index (χ0v) is 14.0. The van der Waals surface area contributed by atoms with Crippen LogP contribution in [0.1, 0.15) is 24.8 Å². The Balaban J connectivity index is 0.00000288. The molecule has 0 bridgehead atoms. The molecule has 0 aromatic heterocycles. The number of carbonyl (C=O) groups excluding carboxylic acids is 1. The summed E-state index contributed by atoms with van der Waals surface area (Å²) in [5, 5.41) is 6.08. The fourth-order valence-electron chi connectivity index (χ4n) is 2.45. The first-order valence-electron chi connectivity index (χ1n) is 7.68. The van der Waals surface area contributed by atoms with Crippen LogP contribution < -0.4 is 15.4 Å². The Bertz CT molecular complexity index is 503. The average Bonchev–Trinajstić information content (AvgIpc) is 3.02. The van der Waals surface area contributed by atoms with Crippen molar-refractivity contribution < 1.29 is 22.7 Å². The number of benzene rings is 1. The molecular weight excluding hydrogens is 345 g/mol. The Morgan fingerprint density at radius 1 is 1.29 bits per heavy atom. The van der Waals surface area contributed by atoms with E-state index in [1.165, 1.54) is 12.1 Å². The number of nitrogens with one attached hydrogen (secondary N) is 2. The zero-order chi connectivity index (χ0) is 16.7. The van der Waals surface area contributed by atoms with Gasteiger partial charge in [-0.25, -0.2) is 0 Å². The van der Waals surface area contributed by atoms with Crippen molar-refractivity contribution in [2.75, 3.05) is 19.7 Å². The lowest BCUT2D eigenvalue weighted by atomic mass is 10.0. The van der Waals surface area contributed by atoms with Gasteiger partial charge in [0.1, 0.15) is 5.75 Å². The van der Waals surface area contributed by atoms with Gasteiger partial charge in [0.15, 0.2) is 6.61 Å².